The summed E-state index contributed by atoms with van der Waals surface area (Å²) < 4.78 is 0. The molecule has 1 heterocycles. The topological polar surface area (TPSA) is 0 Å². The van der Waals surface area contributed by atoms with E-state index in [1.54, 1.807) is 10.4 Å². The quantitative estimate of drug-likeness (QED) is 0.130. The lowest BCUT2D eigenvalue weighted by molar-refractivity contribution is 0.870. The summed E-state index contributed by atoms with van der Waals surface area (Å²) in [4.78, 5) is 0. The molecule has 1 unspecified atom stereocenters. The molecule has 0 saturated carbocycles. The highest BCUT2D eigenvalue weighted by atomic mass is 28.3. The maximum Gasteiger partial charge on any atom is 0.113 e. The molecule has 0 aromatic heterocycles. The third kappa shape index (κ3) is 4.80. The molecule has 8 aromatic rings. The van der Waals surface area contributed by atoms with Gasteiger partial charge in [0.2, 0.25) is 0 Å². The number of fused-ring (bicyclic) bond motifs is 6. The number of allylic oxidation sites excluding steroid dienone is 4. The highest BCUT2D eigenvalue weighted by Crippen LogP contribution is 2.47. The highest BCUT2D eigenvalue weighted by molar-refractivity contribution is 7.04. The predicted molar refractivity (Wildman–Crippen MR) is 223 cm³/mol. The number of hydrogen-bond acceptors (Lipinski definition) is 0. The Labute approximate surface area is 301 Å². The predicted octanol–water partition coefficient (Wildman–Crippen LogP) is 12.5. The Hall–Kier alpha value is -5.76. The Morgan fingerprint density at radius 3 is 1.84 bits per heavy atom. The average Bonchev–Trinajstić information content (AvgIpc) is 3.41. The molecular weight excluding hydrogens is 629 g/mol. The zero-order valence-corrected chi connectivity index (χ0v) is 30.0. The van der Waals surface area contributed by atoms with Gasteiger partial charge in [-0.1, -0.05) is 171 Å². The van der Waals surface area contributed by atoms with Gasteiger partial charge in [0, 0.05) is 5.92 Å². The van der Waals surface area contributed by atoms with Crippen molar-refractivity contribution in [2.45, 2.75) is 25.4 Å². The molecule has 1 atom stereocenters. The first-order valence-corrected chi connectivity index (χ1v) is 21.2. The molecule has 0 N–H and O–H groups in total. The number of benzene rings is 8. The summed E-state index contributed by atoms with van der Waals surface area (Å²) in [5.41, 5.74) is 12.0. The van der Waals surface area contributed by atoms with Crippen LogP contribution in [0.15, 0.2) is 176 Å². The first kappa shape index (κ1) is 30.1. The molecule has 10 rings (SSSR count). The van der Waals surface area contributed by atoms with Gasteiger partial charge in [-0.3, -0.25) is 0 Å². The second kappa shape index (κ2) is 11.7. The summed E-state index contributed by atoms with van der Waals surface area (Å²) in [6.45, 7) is 5.11. The molecule has 0 bridgehead atoms. The van der Waals surface area contributed by atoms with Crippen molar-refractivity contribution < 1.29 is 0 Å². The summed E-state index contributed by atoms with van der Waals surface area (Å²) >= 11 is 0. The van der Waals surface area contributed by atoms with E-state index < -0.39 is 8.07 Å². The van der Waals surface area contributed by atoms with E-state index in [1.165, 1.54) is 82.4 Å². The van der Waals surface area contributed by atoms with Gasteiger partial charge < -0.3 is 0 Å². The van der Waals surface area contributed by atoms with Crippen LogP contribution in [0.4, 0.5) is 0 Å². The molecular formula is C50H38Si. The summed E-state index contributed by atoms with van der Waals surface area (Å²) in [5.74, 6) is 0.299. The molecule has 0 saturated heterocycles. The molecule has 51 heavy (non-hydrogen) atoms. The van der Waals surface area contributed by atoms with E-state index >= 15 is 0 Å². The van der Waals surface area contributed by atoms with Crippen molar-refractivity contribution in [1.29, 1.82) is 0 Å². The number of hydrogen-bond donors (Lipinski definition) is 0. The van der Waals surface area contributed by atoms with Crippen molar-refractivity contribution in [1.82, 2.24) is 0 Å². The minimum atomic E-state index is -2.03. The maximum atomic E-state index is 2.64. The molecule has 8 aromatic carbocycles. The lowest BCUT2D eigenvalue weighted by atomic mass is 9.80. The van der Waals surface area contributed by atoms with Gasteiger partial charge in [0.15, 0.2) is 0 Å². The lowest BCUT2D eigenvalue weighted by Crippen LogP contribution is -2.49. The van der Waals surface area contributed by atoms with Crippen LogP contribution >= 0.6 is 0 Å². The van der Waals surface area contributed by atoms with Crippen LogP contribution in [0.3, 0.4) is 0 Å². The van der Waals surface area contributed by atoms with E-state index in [0.29, 0.717) is 5.92 Å². The van der Waals surface area contributed by atoms with Crippen molar-refractivity contribution >= 4 is 50.8 Å². The van der Waals surface area contributed by atoms with Crippen LogP contribution in [-0.4, -0.2) is 8.07 Å². The fourth-order valence-electron chi connectivity index (χ4n) is 8.96. The molecule has 1 aliphatic heterocycles. The maximum absolute atomic E-state index is 2.64. The standard InChI is InChI=1S/C50H38Si/c1-51(2)47-30-39(34-16-8-4-9-17-34)24-26-41(47)43-31-45-46(32-48(43)51)49(36-19-10-5-11-20-36)44-29-38(33-14-6-3-7-15-33)25-27-42(44)50(45)40-23-22-35-18-12-13-21-37(35)28-40/h3-19,21-32,36H,20H2,1-2H3. The molecule has 2 aliphatic rings. The van der Waals surface area contributed by atoms with Gasteiger partial charge in [-0.2, -0.15) is 0 Å². The van der Waals surface area contributed by atoms with E-state index in [-0.39, 0.29) is 0 Å². The normalized spacial score (nSPS) is 15.8. The Balaban J connectivity index is 1.32. The van der Waals surface area contributed by atoms with Crippen LogP contribution in [0, 0.1) is 0 Å². The SMILES string of the molecule is C[Si]1(C)c2cc(-c3ccccc3)ccc2-c2cc3c(-c4ccc5ccccc5c4)c4ccc(-c5ccccc5)cc4c(C4C=CC=CC4)c3cc21. The molecule has 0 nitrogen and oxygen atoms in total. The van der Waals surface area contributed by atoms with Crippen molar-refractivity contribution in [2.24, 2.45) is 0 Å². The largest absolute Gasteiger partial charge is 0.113 e. The van der Waals surface area contributed by atoms with Crippen LogP contribution in [-0.2, 0) is 0 Å². The van der Waals surface area contributed by atoms with Crippen LogP contribution < -0.4 is 10.4 Å². The van der Waals surface area contributed by atoms with Gasteiger partial charge in [0.1, 0.15) is 8.07 Å². The van der Waals surface area contributed by atoms with Gasteiger partial charge in [-0.25, -0.2) is 0 Å². The van der Waals surface area contributed by atoms with Gasteiger partial charge >= 0.3 is 0 Å². The molecule has 0 radical (unpaired) electrons. The van der Waals surface area contributed by atoms with Gasteiger partial charge in [-0.15, -0.1) is 0 Å². The summed E-state index contributed by atoms with van der Waals surface area (Å²) in [6, 6.07) is 57.2. The van der Waals surface area contributed by atoms with Crippen molar-refractivity contribution in [3.05, 3.63) is 182 Å². The third-order valence-electron chi connectivity index (χ3n) is 11.6. The first-order chi connectivity index (χ1) is 25.0. The molecule has 1 heteroatoms. The molecule has 0 fully saturated rings. The molecule has 0 spiro atoms. The van der Waals surface area contributed by atoms with Crippen LogP contribution in [0.5, 0.6) is 0 Å². The van der Waals surface area contributed by atoms with Crippen molar-refractivity contribution in [3.8, 4) is 44.5 Å². The van der Waals surface area contributed by atoms with Crippen molar-refractivity contribution in [3.63, 3.8) is 0 Å². The van der Waals surface area contributed by atoms with E-state index in [2.05, 4.69) is 189 Å². The smallest absolute Gasteiger partial charge is 0.0836 e. The fourth-order valence-corrected chi connectivity index (χ4v) is 12.0. The first-order valence-electron chi connectivity index (χ1n) is 18.2. The van der Waals surface area contributed by atoms with E-state index in [0.717, 1.165) is 6.42 Å². The Bertz CT molecular complexity index is 2730. The van der Waals surface area contributed by atoms with Crippen LogP contribution in [0.2, 0.25) is 13.1 Å². The highest BCUT2D eigenvalue weighted by Gasteiger charge is 2.38. The Kier molecular flexibility index (Phi) is 6.88. The minimum Gasteiger partial charge on any atom is -0.0836 e. The van der Waals surface area contributed by atoms with Gasteiger partial charge in [-0.05, 0) is 117 Å². The molecule has 1 aliphatic carbocycles. The zero-order valence-electron chi connectivity index (χ0n) is 29.0. The van der Waals surface area contributed by atoms with E-state index in [4.69, 9.17) is 0 Å². The Morgan fingerprint density at radius 2 is 1.10 bits per heavy atom. The van der Waals surface area contributed by atoms with Gasteiger partial charge in [0.05, 0.1) is 0 Å². The minimum absolute atomic E-state index is 0.299. The summed E-state index contributed by atoms with van der Waals surface area (Å²) in [7, 11) is -2.03. The summed E-state index contributed by atoms with van der Waals surface area (Å²) in [6.07, 6.45) is 10.2. The molecule has 0 amide bonds. The van der Waals surface area contributed by atoms with Crippen LogP contribution in [0.1, 0.15) is 17.9 Å². The fraction of sp³-hybridized carbons (Fsp3) is 0.0800. The third-order valence-corrected chi connectivity index (χ3v) is 15.1. The average molecular weight is 667 g/mol. The second-order valence-corrected chi connectivity index (χ2v) is 19.2. The zero-order chi connectivity index (χ0) is 34.1. The number of rotatable bonds is 4. The van der Waals surface area contributed by atoms with Gasteiger partial charge in [0.25, 0.3) is 0 Å². The summed E-state index contributed by atoms with van der Waals surface area (Å²) in [5, 5.41) is 11.1. The Morgan fingerprint density at radius 1 is 0.451 bits per heavy atom. The second-order valence-electron chi connectivity index (χ2n) is 14.8. The monoisotopic (exact) mass is 666 g/mol. The van der Waals surface area contributed by atoms with E-state index in [1.807, 2.05) is 0 Å². The van der Waals surface area contributed by atoms with Crippen molar-refractivity contribution in [2.75, 3.05) is 0 Å². The van der Waals surface area contributed by atoms with E-state index in [9.17, 15) is 0 Å². The molecule has 242 valence electrons. The lowest BCUT2D eigenvalue weighted by Gasteiger charge is -2.25. The van der Waals surface area contributed by atoms with Crippen LogP contribution in [0.25, 0.3) is 76.8 Å².